The highest BCUT2D eigenvalue weighted by molar-refractivity contribution is 6.05. The Morgan fingerprint density at radius 3 is 2.46 bits per heavy atom. The minimum absolute atomic E-state index is 0.0548. The lowest BCUT2D eigenvalue weighted by Crippen LogP contribution is -2.49. The van der Waals surface area contributed by atoms with Gasteiger partial charge in [-0.2, -0.15) is 0 Å². The van der Waals surface area contributed by atoms with Crippen LogP contribution in [0.15, 0.2) is 42.5 Å². The number of hydrogen-bond donors (Lipinski definition) is 1. The Morgan fingerprint density at radius 2 is 1.81 bits per heavy atom. The summed E-state index contributed by atoms with van der Waals surface area (Å²) in [5.41, 5.74) is 0.914. The van der Waals surface area contributed by atoms with E-state index in [-0.39, 0.29) is 60.8 Å². The zero-order chi connectivity index (χ0) is 27.1. The van der Waals surface area contributed by atoms with E-state index in [0.29, 0.717) is 18.0 Å². The number of likely N-dealkylation sites (N-methyl/N-ethyl adjacent to an activating group) is 1. The van der Waals surface area contributed by atoms with Gasteiger partial charge in [-0.15, -0.1) is 0 Å². The Labute approximate surface area is 216 Å². The van der Waals surface area contributed by atoms with Crippen molar-refractivity contribution in [2.24, 2.45) is 5.92 Å². The van der Waals surface area contributed by atoms with Crippen LogP contribution in [-0.4, -0.2) is 87.2 Å². The van der Waals surface area contributed by atoms with E-state index < -0.39 is 11.7 Å². The summed E-state index contributed by atoms with van der Waals surface area (Å²) in [6.07, 6.45) is -0.329. The van der Waals surface area contributed by atoms with E-state index in [2.05, 4.69) is 5.32 Å². The van der Waals surface area contributed by atoms with Gasteiger partial charge in [-0.25, -0.2) is 4.39 Å². The molecule has 3 amide bonds. The predicted molar refractivity (Wildman–Crippen MR) is 136 cm³/mol. The molecule has 3 atom stereocenters. The van der Waals surface area contributed by atoms with Crippen molar-refractivity contribution in [2.45, 2.75) is 26.0 Å². The number of fused-ring (bicyclic) bond motifs is 1. The van der Waals surface area contributed by atoms with Crippen LogP contribution in [-0.2, 0) is 14.3 Å². The summed E-state index contributed by atoms with van der Waals surface area (Å²) < 4.78 is 30.0. The van der Waals surface area contributed by atoms with Gasteiger partial charge >= 0.3 is 0 Å². The minimum Gasteiger partial charge on any atom is -0.491 e. The number of methoxy groups -OCH3 is 2. The SMILES string of the molecule is COCC(=O)N1C[C@@H](C)[C@@H](OC)CN(C)C(=O)c2cc(NC(=O)c3ccc(F)cc3)ccc2OC[C@H]1C. The minimum atomic E-state index is -0.442. The summed E-state index contributed by atoms with van der Waals surface area (Å²) in [5.74, 6) is -1.11. The molecule has 0 fully saturated rings. The van der Waals surface area contributed by atoms with Gasteiger partial charge in [-0.05, 0) is 49.4 Å². The standard InChI is InChI=1S/C27H34FN3O6/c1-17-13-31(25(32)16-35-4)18(2)15-37-23-11-10-21(29-26(33)19-6-8-20(28)9-7-19)12-22(23)27(34)30(3)14-24(17)36-5/h6-12,17-18,24H,13-16H2,1-5H3,(H,29,33)/t17-,18-,24+/m1/s1. The molecule has 0 aliphatic carbocycles. The maximum Gasteiger partial charge on any atom is 0.257 e. The van der Waals surface area contributed by atoms with Crippen LogP contribution in [0.3, 0.4) is 0 Å². The second-order valence-electron chi connectivity index (χ2n) is 9.25. The van der Waals surface area contributed by atoms with E-state index in [4.69, 9.17) is 14.2 Å². The van der Waals surface area contributed by atoms with E-state index in [1.165, 1.54) is 36.3 Å². The second-order valence-corrected chi connectivity index (χ2v) is 9.25. The number of carbonyl (C=O) groups is 3. The van der Waals surface area contributed by atoms with Crippen LogP contribution >= 0.6 is 0 Å². The lowest BCUT2D eigenvalue weighted by atomic mass is 10.0. The van der Waals surface area contributed by atoms with Crippen molar-refractivity contribution < 1.29 is 33.0 Å². The average Bonchev–Trinajstić information content (AvgIpc) is 2.88. The summed E-state index contributed by atoms with van der Waals surface area (Å²) in [7, 11) is 4.72. The smallest absolute Gasteiger partial charge is 0.257 e. The van der Waals surface area contributed by atoms with Crippen LogP contribution in [0.2, 0.25) is 0 Å². The van der Waals surface area contributed by atoms with E-state index in [9.17, 15) is 18.8 Å². The maximum atomic E-state index is 13.5. The van der Waals surface area contributed by atoms with Gasteiger partial charge in [-0.1, -0.05) is 6.92 Å². The van der Waals surface area contributed by atoms with Crippen LogP contribution in [0, 0.1) is 11.7 Å². The molecule has 0 aromatic heterocycles. The van der Waals surface area contributed by atoms with Crippen molar-refractivity contribution >= 4 is 23.4 Å². The molecule has 3 rings (SSSR count). The first-order valence-corrected chi connectivity index (χ1v) is 12.0. The largest absolute Gasteiger partial charge is 0.491 e. The molecule has 0 spiro atoms. The number of anilines is 1. The fourth-order valence-electron chi connectivity index (χ4n) is 4.21. The van der Waals surface area contributed by atoms with Crippen molar-refractivity contribution in [3.8, 4) is 5.75 Å². The molecule has 200 valence electrons. The van der Waals surface area contributed by atoms with Crippen LogP contribution in [0.5, 0.6) is 5.75 Å². The molecule has 37 heavy (non-hydrogen) atoms. The molecular formula is C27H34FN3O6. The zero-order valence-electron chi connectivity index (χ0n) is 21.8. The van der Waals surface area contributed by atoms with Gasteiger partial charge in [0, 0.05) is 51.5 Å². The molecule has 0 bridgehead atoms. The van der Waals surface area contributed by atoms with Crippen molar-refractivity contribution in [1.82, 2.24) is 9.80 Å². The predicted octanol–water partition coefficient (Wildman–Crippen LogP) is 3.06. The number of halogens is 1. The van der Waals surface area contributed by atoms with Crippen LogP contribution in [0.25, 0.3) is 0 Å². The summed E-state index contributed by atoms with van der Waals surface area (Å²) >= 11 is 0. The summed E-state index contributed by atoms with van der Waals surface area (Å²) in [6.45, 7) is 4.62. The molecule has 2 aromatic rings. The molecule has 2 aromatic carbocycles. The molecule has 1 N–H and O–H groups in total. The zero-order valence-corrected chi connectivity index (χ0v) is 21.8. The topological polar surface area (TPSA) is 97.4 Å². The van der Waals surface area contributed by atoms with E-state index in [1.54, 1.807) is 37.3 Å². The van der Waals surface area contributed by atoms with Gasteiger partial charge in [0.1, 0.15) is 24.8 Å². The molecule has 0 unspecified atom stereocenters. The van der Waals surface area contributed by atoms with Gasteiger partial charge in [0.2, 0.25) is 5.91 Å². The number of benzene rings is 2. The van der Waals surface area contributed by atoms with Gasteiger partial charge < -0.3 is 29.3 Å². The molecule has 0 radical (unpaired) electrons. The average molecular weight is 516 g/mol. The Kier molecular flexibility index (Phi) is 9.60. The lowest BCUT2D eigenvalue weighted by molar-refractivity contribution is -0.139. The number of carbonyl (C=O) groups excluding carboxylic acids is 3. The van der Waals surface area contributed by atoms with Crippen LogP contribution in [0.1, 0.15) is 34.6 Å². The number of nitrogens with one attached hydrogen (secondary N) is 1. The van der Waals surface area contributed by atoms with E-state index >= 15 is 0 Å². The third kappa shape index (κ3) is 7.05. The molecule has 1 heterocycles. The van der Waals surface area contributed by atoms with Crippen molar-refractivity contribution in [3.63, 3.8) is 0 Å². The van der Waals surface area contributed by atoms with Crippen LogP contribution in [0.4, 0.5) is 10.1 Å². The Bertz CT molecular complexity index is 1110. The Balaban J connectivity index is 1.93. The fraction of sp³-hybridized carbons (Fsp3) is 0.444. The van der Waals surface area contributed by atoms with Gasteiger partial charge in [0.25, 0.3) is 11.8 Å². The second kappa shape index (κ2) is 12.6. The number of hydrogen-bond acceptors (Lipinski definition) is 6. The van der Waals surface area contributed by atoms with Gasteiger partial charge in [-0.3, -0.25) is 14.4 Å². The molecule has 0 saturated heterocycles. The van der Waals surface area contributed by atoms with E-state index in [1.807, 2.05) is 13.8 Å². The summed E-state index contributed by atoms with van der Waals surface area (Å²) in [4.78, 5) is 42.1. The van der Waals surface area contributed by atoms with Crippen molar-refractivity contribution in [3.05, 3.63) is 59.4 Å². The number of rotatable bonds is 5. The normalized spacial score (nSPS) is 20.8. The molecule has 10 heteroatoms. The molecule has 1 aliphatic rings. The summed E-state index contributed by atoms with van der Waals surface area (Å²) in [5, 5.41) is 2.74. The van der Waals surface area contributed by atoms with Crippen molar-refractivity contribution in [1.29, 1.82) is 0 Å². The van der Waals surface area contributed by atoms with Crippen LogP contribution < -0.4 is 10.1 Å². The number of ether oxygens (including phenoxy) is 3. The highest BCUT2D eigenvalue weighted by atomic mass is 19.1. The van der Waals surface area contributed by atoms with Crippen molar-refractivity contribution in [2.75, 3.05) is 52.9 Å². The van der Waals surface area contributed by atoms with Gasteiger partial charge in [0.05, 0.1) is 17.7 Å². The highest BCUT2D eigenvalue weighted by Crippen LogP contribution is 2.27. The first-order chi connectivity index (χ1) is 17.6. The Morgan fingerprint density at radius 1 is 1.11 bits per heavy atom. The first-order valence-electron chi connectivity index (χ1n) is 12.0. The number of amides is 3. The van der Waals surface area contributed by atoms with Gasteiger partial charge in [0.15, 0.2) is 0 Å². The van der Waals surface area contributed by atoms with E-state index in [0.717, 1.165) is 0 Å². The maximum absolute atomic E-state index is 13.5. The third-order valence-corrected chi connectivity index (χ3v) is 6.40. The Hall–Kier alpha value is -3.50. The molecular weight excluding hydrogens is 481 g/mol. The monoisotopic (exact) mass is 515 g/mol. The molecule has 1 aliphatic heterocycles. The third-order valence-electron chi connectivity index (χ3n) is 6.40. The summed E-state index contributed by atoms with van der Waals surface area (Å²) in [6, 6.07) is 9.64. The molecule has 9 nitrogen and oxygen atoms in total. The molecule has 0 saturated carbocycles. The first kappa shape index (κ1) is 28.1. The lowest BCUT2D eigenvalue weighted by Gasteiger charge is -2.36. The number of nitrogens with zero attached hydrogens (tertiary/aromatic N) is 2. The highest BCUT2D eigenvalue weighted by Gasteiger charge is 2.30. The fourth-order valence-corrected chi connectivity index (χ4v) is 4.21. The quantitative estimate of drug-likeness (QED) is 0.658.